The number of halogens is 1. The Balaban J connectivity index is 3.80. The van der Waals surface area contributed by atoms with Gasteiger partial charge in [0.05, 0.1) is 5.75 Å². The maximum absolute atomic E-state index is 11.6. The normalized spacial score (nSPS) is 15.1. The Morgan fingerprint density at radius 1 is 1.31 bits per heavy atom. The Morgan fingerprint density at radius 3 is 2.31 bits per heavy atom. The lowest BCUT2D eigenvalue weighted by molar-refractivity contribution is 0.396. The van der Waals surface area contributed by atoms with E-state index in [0.717, 1.165) is 12.8 Å². The topological polar surface area (TPSA) is 46.2 Å². The van der Waals surface area contributed by atoms with Crippen molar-refractivity contribution < 1.29 is 8.42 Å². The van der Waals surface area contributed by atoms with Crippen molar-refractivity contribution in [3.63, 3.8) is 0 Å². The molecule has 98 valence electrons. The van der Waals surface area contributed by atoms with Crippen molar-refractivity contribution in [2.45, 2.75) is 52.3 Å². The lowest BCUT2D eigenvalue weighted by Crippen LogP contribution is -2.29. The zero-order valence-corrected chi connectivity index (χ0v) is 12.3. The lowest BCUT2D eigenvalue weighted by atomic mass is 9.94. The second kappa shape index (κ2) is 6.82. The predicted molar refractivity (Wildman–Crippen MR) is 70.4 cm³/mol. The summed E-state index contributed by atoms with van der Waals surface area (Å²) >= 11 is 5.77. The molecule has 0 aromatic heterocycles. The van der Waals surface area contributed by atoms with Crippen molar-refractivity contribution in [2.75, 3.05) is 12.3 Å². The van der Waals surface area contributed by atoms with Crippen LogP contribution in [0.15, 0.2) is 0 Å². The van der Waals surface area contributed by atoms with Gasteiger partial charge in [0.2, 0.25) is 10.0 Å². The molecule has 0 aromatic rings. The van der Waals surface area contributed by atoms with Crippen molar-refractivity contribution in [1.29, 1.82) is 0 Å². The third kappa shape index (κ3) is 10.7. The van der Waals surface area contributed by atoms with E-state index in [1.54, 1.807) is 0 Å². The van der Waals surface area contributed by atoms with E-state index in [4.69, 9.17) is 11.6 Å². The minimum absolute atomic E-state index is 0.0550. The molecule has 0 rings (SSSR count). The average molecular weight is 270 g/mol. The Kier molecular flexibility index (Phi) is 6.90. The van der Waals surface area contributed by atoms with Crippen LogP contribution in [0.25, 0.3) is 0 Å². The van der Waals surface area contributed by atoms with E-state index >= 15 is 0 Å². The molecule has 0 saturated heterocycles. The fraction of sp³-hybridized carbons (Fsp3) is 1.00. The van der Waals surface area contributed by atoms with Gasteiger partial charge in [-0.25, -0.2) is 13.1 Å². The van der Waals surface area contributed by atoms with E-state index in [2.05, 4.69) is 4.72 Å². The number of hydrogen-bond donors (Lipinski definition) is 1. The molecule has 5 heteroatoms. The molecule has 0 amide bonds. The molecule has 1 atom stereocenters. The van der Waals surface area contributed by atoms with E-state index in [1.165, 1.54) is 0 Å². The van der Waals surface area contributed by atoms with Crippen molar-refractivity contribution in [2.24, 2.45) is 5.41 Å². The Labute approximate surface area is 105 Å². The van der Waals surface area contributed by atoms with Crippen LogP contribution in [0.1, 0.15) is 47.0 Å². The molecule has 0 aliphatic carbocycles. The average Bonchev–Trinajstić information content (AvgIpc) is 2.08. The minimum atomic E-state index is -3.11. The van der Waals surface area contributed by atoms with E-state index in [9.17, 15) is 8.42 Å². The van der Waals surface area contributed by atoms with Crippen LogP contribution in [-0.4, -0.2) is 26.1 Å². The molecule has 0 aliphatic rings. The predicted octanol–water partition coefficient (Wildman–Crippen LogP) is 2.75. The zero-order chi connectivity index (χ0) is 12.8. The highest BCUT2D eigenvalue weighted by atomic mass is 35.5. The summed E-state index contributed by atoms with van der Waals surface area (Å²) in [6.45, 7) is 8.52. The van der Waals surface area contributed by atoms with Crippen LogP contribution in [0.3, 0.4) is 0 Å². The molecule has 0 bridgehead atoms. The summed E-state index contributed by atoms with van der Waals surface area (Å²) in [5.74, 6) is 0.201. The number of nitrogens with one attached hydrogen (secondary N) is 1. The smallest absolute Gasteiger partial charge is 0.211 e. The lowest BCUT2D eigenvalue weighted by Gasteiger charge is -2.17. The van der Waals surface area contributed by atoms with E-state index in [0.29, 0.717) is 13.0 Å². The molecule has 0 aliphatic heterocycles. The first kappa shape index (κ1) is 16.2. The van der Waals surface area contributed by atoms with Crippen LogP contribution >= 0.6 is 11.6 Å². The molecule has 0 aromatic carbocycles. The fourth-order valence-corrected chi connectivity index (χ4v) is 2.76. The molecule has 0 fully saturated rings. The second-order valence-electron chi connectivity index (χ2n) is 5.45. The monoisotopic (exact) mass is 269 g/mol. The summed E-state index contributed by atoms with van der Waals surface area (Å²) in [5.41, 5.74) is 0.0550. The van der Waals surface area contributed by atoms with Gasteiger partial charge in [-0.3, -0.25) is 0 Å². The van der Waals surface area contributed by atoms with Gasteiger partial charge in [-0.2, -0.15) is 0 Å². The van der Waals surface area contributed by atoms with Gasteiger partial charge < -0.3 is 0 Å². The van der Waals surface area contributed by atoms with E-state index in [1.807, 2.05) is 27.7 Å². The van der Waals surface area contributed by atoms with E-state index < -0.39 is 10.0 Å². The molecule has 0 saturated carbocycles. The molecule has 1 unspecified atom stereocenters. The van der Waals surface area contributed by atoms with Crippen LogP contribution in [0.5, 0.6) is 0 Å². The van der Waals surface area contributed by atoms with Crippen molar-refractivity contribution in [3.8, 4) is 0 Å². The summed E-state index contributed by atoms with van der Waals surface area (Å²) < 4.78 is 25.8. The fourth-order valence-electron chi connectivity index (χ4n) is 1.12. The quantitative estimate of drug-likeness (QED) is 0.571. The third-order valence-corrected chi connectivity index (χ3v) is 3.83. The molecule has 0 spiro atoms. The summed E-state index contributed by atoms with van der Waals surface area (Å²) in [6.07, 6.45) is 2.30. The second-order valence-corrected chi connectivity index (χ2v) is 8.12. The maximum Gasteiger partial charge on any atom is 0.211 e. The number of hydrogen-bond acceptors (Lipinski definition) is 2. The number of rotatable bonds is 7. The Bertz CT molecular complexity index is 281. The van der Waals surface area contributed by atoms with Gasteiger partial charge in [0.1, 0.15) is 0 Å². The summed E-state index contributed by atoms with van der Waals surface area (Å²) in [6, 6.07) is 0. The summed E-state index contributed by atoms with van der Waals surface area (Å²) in [7, 11) is -3.11. The standard InChI is InChI=1S/C11H24ClNO2S/c1-10(12)6-5-8-13-16(14,15)9-7-11(2,3)4/h10,13H,5-9H2,1-4H3. The number of sulfonamides is 1. The first-order valence-electron chi connectivity index (χ1n) is 5.74. The summed E-state index contributed by atoms with van der Waals surface area (Å²) in [5, 5.41) is 0.110. The highest BCUT2D eigenvalue weighted by molar-refractivity contribution is 7.89. The van der Waals surface area contributed by atoms with E-state index in [-0.39, 0.29) is 16.5 Å². The van der Waals surface area contributed by atoms with Crippen molar-refractivity contribution in [1.82, 2.24) is 4.72 Å². The zero-order valence-electron chi connectivity index (χ0n) is 10.7. The highest BCUT2D eigenvalue weighted by Crippen LogP contribution is 2.18. The Hall–Kier alpha value is 0.200. The van der Waals surface area contributed by atoms with Gasteiger partial charge in [0.25, 0.3) is 0 Å². The minimum Gasteiger partial charge on any atom is -0.215 e. The number of alkyl halides is 1. The van der Waals surface area contributed by atoms with Crippen molar-refractivity contribution in [3.05, 3.63) is 0 Å². The van der Waals surface area contributed by atoms with Gasteiger partial charge in [-0.05, 0) is 31.6 Å². The SMILES string of the molecule is CC(Cl)CCCNS(=O)(=O)CCC(C)(C)C. The first-order valence-corrected chi connectivity index (χ1v) is 7.83. The largest absolute Gasteiger partial charge is 0.215 e. The third-order valence-electron chi connectivity index (χ3n) is 2.22. The van der Waals surface area contributed by atoms with Gasteiger partial charge in [-0.15, -0.1) is 11.6 Å². The maximum atomic E-state index is 11.6. The highest BCUT2D eigenvalue weighted by Gasteiger charge is 2.16. The van der Waals surface area contributed by atoms with Gasteiger partial charge in [0, 0.05) is 11.9 Å². The van der Waals surface area contributed by atoms with Crippen LogP contribution in [0.4, 0.5) is 0 Å². The first-order chi connectivity index (χ1) is 7.12. The van der Waals surface area contributed by atoms with Crippen LogP contribution in [-0.2, 0) is 10.0 Å². The van der Waals surface area contributed by atoms with Gasteiger partial charge in [-0.1, -0.05) is 20.8 Å². The summed E-state index contributed by atoms with van der Waals surface area (Å²) in [4.78, 5) is 0. The molecular weight excluding hydrogens is 246 g/mol. The Morgan fingerprint density at radius 2 is 1.88 bits per heavy atom. The molecule has 16 heavy (non-hydrogen) atoms. The van der Waals surface area contributed by atoms with Crippen LogP contribution in [0.2, 0.25) is 0 Å². The van der Waals surface area contributed by atoms with Gasteiger partial charge in [0.15, 0.2) is 0 Å². The van der Waals surface area contributed by atoms with Crippen molar-refractivity contribution >= 4 is 21.6 Å². The molecule has 1 N–H and O–H groups in total. The van der Waals surface area contributed by atoms with Gasteiger partial charge >= 0.3 is 0 Å². The van der Waals surface area contributed by atoms with Crippen LogP contribution in [0, 0.1) is 5.41 Å². The molecule has 0 radical (unpaired) electrons. The van der Waals surface area contributed by atoms with Crippen LogP contribution < -0.4 is 4.72 Å². The molecule has 0 heterocycles. The molecular formula is C11H24ClNO2S. The molecule has 3 nitrogen and oxygen atoms in total.